The molecule has 3 unspecified atom stereocenters. The summed E-state index contributed by atoms with van der Waals surface area (Å²) in [7, 11) is 0. The van der Waals surface area contributed by atoms with Gasteiger partial charge in [-0.05, 0) is 60.6 Å². The number of benzene rings is 1. The summed E-state index contributed by atoms with van der Waals surface area (Å²) in [5.74, 6) is 2.81. The highest BCUT2D eigenvalue weighted by atomic mass is 14.9. The predicted molar refractivity (Wildman–Crippen MR) is 87.1 cm³/mol. The van der Waals surface area contributed by atoms with E-state index < -0.39 is 0 Å². The molecule has 0 radical (unpaired) electrons. The van der Waals surface area contributed by atoms with Gasteiger partial charge in [-0.2, -0.15) is 0 Å². The third kappa shape index (κ3) is 2.26. The first-order valence-corrected chi connectivity index (χ1v) is 8.46. The molecule has 1 N–H and O–H groups in total. The molecule has 2 fully saturated rings. The van der Waals surface area contributed by atoms with Crippen molar-refractivity contribution in [2.75, 3.05) is 6.54 Å². The molecule has 0 amide bonds. The van der Waals surface area contributed by atoms with Gasteiger partial charge in [-0.15, -0.1) is 0 Å². The molecule has 21 heavy (non-hydrogen) atoms. The van der Waals surface area contributed by atoms with E-state index >= 15 is 0 Å². The fraction of sp³-hybridized carbons (Fsp3) is 0.526. The molecule has 2 aliphatic carbocycles. The molecule has 1 aromatic carbocycles. The van der Waals surface area contributed by atoms with Gasteiger partial charge in [0.05, 0.1) is 0 Å². The first-order chi connectivity index (χ1) is 10.4. The molecule has 0 bridgehead atoms. The molecule has 2 aliphatic rings. The van der Waals surface area contributed by atoms with Gasteiger partial charge in [0, 0.05) is 23.8 Å². The van der Waals surface area contributed by atoms with Gasteiger partial charge in [-0.25, -0.2) is 0 Å². The Morgan fingerprint density at radius 1 is 1.24 bits per heavy atom. The molecule has 0 spiro atoms. The van der Waals surface area contributed by atoms with E-state index in [9.17, 15) is 0 Å². The normalized spacial score (nSPS) is 28.5. The molecule has 0 saturated heterocycles. The Hall–Kier alpha value is -1.41. The average molecular weight is 280 g/mol. The van der Waals surface area contributed by atoms with Gasteiger partial charge in [-0.3, -0.25) is 4.98 Å². The van der Waals surface area contributed by atoms with Gasteiger partial charge < -0.3 is 5.32 Å². The van der Waals surface area contributed by atoms with Crippen LogP contribution in [-0.2, 0) is 0 Å². The number of fused-ring (bicyclic) bond motifs is 2. The SMILES string of the molecule is CCCNC(c1cccc2ccncc12)C1C2CCCC21. The van der Waals surface area contributed by atoms with E-state index in [0.29, 0.717) is 6.04 Å². The van der Waals surface area contributed by atoms with Gasteiger partial charge in [0.1, 0.15) is 0 Å². The zero-order valence-electron chi connectivity index (χ0n) is 12.8. The molecule has 0 aliphatic heterocycles. The van der Waals surface area contributed by atoms with Crippen LogP contribution in [0.5, 0.6) is 0 Å². The lowest BCUT2D eigenvalue weighted by atomic mass is 9.93. The summed E-state index contributed by atoms with van der Waals surface area (Å²) >= 11 is 0. The van der Waals surface area contributed by atoms with E-state index in [2.05, 4.69) is 41.5 Å². The minimum atomic E-state index is 0.521. The maximum Gasteiger partial charge on any atom is 0.0360 e. The van der Waals surface area contributed by atoms with E-state index in [1.54, 1.807) is 0 Å². The number of rotatable bonds is 5. The number of hydrogen-bond donors (Lipinski definition) is 1. The second kappa shape index (κ2) is 5.42. The summed E-state index contributed by atoms with van der Waals surface area (Å²) in [5.41, 5.74) is 1.47. The van der Waals surface area contributed by atoms with Crippen LogP contribution in [0.2, 0.25) is 0 Å². The molecule has 2 aromatic rings. The summed E-state index contributed by atoms with van der Waals surface area (Å²) < 4.78 is 0. The largest absolute Gasteiger partial charge is 0.310 e. The van der Waals surface area contributed by atoms with Crippen molar-refractivity contribution < 1.29 is 0 Å². The number of nitrogens with zero attached hydrogens (tertiary/aromatic N) is 1. The molecule has 4 rings (SSSR count). The number of hydrogen-bond acceptors (Lipinski definition) is 2. The standard InChI is InChI=1S/C19H24N2/c1-2-10-21-19(18-14-6-4-7-15(14)18)16-8-3-5-13-9-11-20-12-17(13)16/h3,5,8-9,11-12,14-15,18-19,21H,2,4,6-7,10H2,1H3. The van der Waals surface area contributed by atoms with E-state index in [0.717, 1.165) is 24.3 Å². The molecule has 1 heterocycles. The van der Waals surface area contributed by atoms with E-state index in [1.807, 2.05) is 12.4 Å². The van der Waals surface area contributed by atoms with Crippen LogP contribution in [0.4, 0.5) is 0 Å². The number of pyridine rings is 1. The zero-order chi connectivity index (χ0) is 14.2. The lowest BCUT2D eigenvalue weighted by Crippen LogP contribution is -2.25. The van der Waals surface area contributed by atoms with Gasteiger partial charge >= 0.3 is 0 Å². The Morgan fingerprint density at radius 2 is 2.10 bits per heavy atom. The molecule has 1 aromatic heterocycles. The molecule has 110 valence electrons. The lowest BCUT2D eigenvalue weighted by molar-refractivity contribution is 0.420. The Labute approximate surface area is 127 Å². The molecular formula is C19H24N2. The van der Waals surface area contributed by atoms with Crippen LogP contribution in [0, 0.1) is 17.8 Å². The molecule has 2 heteroatoms. The van der Waals surface area contributed by atoms with E-state index in [1.165, 1.54) is 42.0 Å². The van der Waals surface area contributed by atoms with Gasteiger partial charge in [0.25, 0.3) is 0 Å². The predicted octanol–water partition coefficient (Wildman–Crippen LogP) is 4.32. The van der Waals surface area contributed by atoms with E-state index in [4.69, 9.17) is 0 Å². The van der Waals surface area contributed by atoms with Crippen LogP contribution < -0.4 is 5.32 Å². The van der Waals surface area contributed by atoms with Gasteiger partial charge in [-0.1, -0.05) is 31.5 Å². The fourth-order valence-electron chi connectivity index (χ4n) is 4.53. The summed E-state index contributed by atoms with van der Waals surface area (Å²) in [6.07, 6.45) is 9.48. The summed E-state index contributed by atoms with van der Waals surface area (Å²) in [4.78, 5) is 4.36. The smallest absolute Gasteiger partial charge is 0.0360 e. The zero-order valence-corrected chi connectivity index (χ0v) is 12.8. The maximum absolute atomic E-state index is 4.36. The molecule has 3 atom stereocenters. The van der Waals surface area contributed by atoms with Crippen molar-refractivity contribution in [3.05, 3.63) is 42.2 Å². The van der Waals surface area contributed by atoms with Crippen molar-refractivity contribution in [1.82, 2.24) is 10.3 Å². The van der Waals surface area contributed by atoms with Crippen LogP contribution in [0.3, 0.4) is 0 Å². The number of aromatic nitrogens is 1. The van der Waals surface area contributed by atoms with Crippen molar-refractivity contribution in [2.45, 2.75) is 38.6 Å². The molecule has 2 saturated carbocycles. The second-order valence-corrected chi connectivity index (χ2v) is 6.71. The minimum Gasteiger partial charge on any atom is -0.310 e. The third-order valence-corrected chi connectivity index (χ3v) is 5.52. The first-order valence-electron chi connectivity index (χ1n) is 8.46. The van der Waals surface area contributed by atoms with Crippen molar-refractivity contribution in [3.8, 4) is 0 Å². The Kier molecular flexibility index (Phi) is 3.42. The van der Waals surface area contributed by atoms with Crippen LogP contribution in [0.25, 0.3) is 10.8 Å². The average Bonchev–Trinajstić information content (AvgIpc) is 2.99. The first kappa shape index (κ1) is 13.3. The Bertz CT molecular complexity index is 621. The van der Waals surface area contributed by atoms with Crippen LogP contribution in [0.15, 0.2) is 36.7 Å². The minimum absolute atomic E-state index is 0.521. The summed E-state index contributed by atoms with van der Waals surface area (Å²) in [6.45, 7) is 3.36. The Morgan fingerprint density at radius 3 is 2.90 bits per heavy atom. The highest BCUT2D eigenvalue weighted by Crippen LogP contribution is 2.62. The van der Waals surface area contributed by atoms with Crippen molar-refractivity contribution >= 4 is 10.8 Å². The lowest BCUT2D eigenvalue weighted by Gasteiger charge is -2.22. The van der Waals surface area contributed by atoms with Crippen LogP contribution in [-0.4, -0.2) is 11.5 Å². The van der Waals surface area contributed by atoms with E-state index in [-0.39, 0.29) is 0 Å². The molecular weight excluding hydrogens is 256 g/mol. The van der Waals surface area contributed by atoms with Crippen molar-refractivity contribution in [3.63, 3.8) is 0 Å². The van der Waals surface area contributed by atoms with Crippen LogP contribution in [0.1, 0.15) is 44.2 Å². The van der Waals surface area contributed by atoms with Gasteiger partial charge in [0.2, 0.25) is 0 Å². The van der Waals surface area contributed by atoms with Gasteiger partial charge in [0.15, 0.2) is 0 Å². The summed E-state index contributed by atoms with van der Waals surface area (Å²) in [6, 6.07) is 9.37. The molecule has 2 nitrogen and oxygen atoms in total. The highest BCUT2D eigenvalue weighted by Gasteiger charge is 2.56. The van der Waals surface area contributed by atoms with Crippen molar-refractivity contribution in [2.24, 2.45) is 17.8 Å². The van der Waals surface area contributed by atoms with Crippen molar-refractivity contribution in [1.29, 1.82) is 0 Å². The summed E-state index contributed by atoms with van der Waals surface area (Å²) in [5, 5.41) is 6.49. The monoisotopic (exact) mass is 280 g/mol. The third-order valence-electron chi connectivity index (χ3n) is 5.52. The van der Waals surface area contributed by atoms with Crippen LogP contribution >= 0.6 is 0 Å². The highest BCUT2D eigenvalue weighted by molar-refractivity contribution is 5.85. The maximum atomic E-state index is 4.36. The second-order valence-electron chi connectivity index (χ2n) is 6.71. The number of nitrogens with one attached hydrogen (secondary N) is 1. The Balaban J connectivity index is 1.71. The quantitative estimate of drug-likeness (QED) is 0.882. The topological polar surface area (TPSA) is 24.9 Å². The fourth-order valence-corrected chi connectivity index (χ4v) is 4.53.